The molecule has 5 heteroatoms. The molecule has 0 N–H and O–H groups in total. The van der Waals surface area contributed by atoms with E-state index >= 15 is 0 Å². The topological polar surface area (TPSA) is 65.2 Å². The van der Waals surface area contributed by atoms with Crippen LogP contribution in [0.3, 0.4) is 0 Å². The lowest BCUT2D eigenvalue weighted by molar-refractivity contribution is 0.0980. The van der Waals surface area contributed by atoms with Gasteiger partial charge in [0.1, 0.15) is 18.1 Å². The fourth-order valence-electron chi connectivity index (χ4n) is 2.90. The molecule has 0 spiro atoms. The first-order valence-corrected chi connectivity index (χ1v) is 9.44. The number of nitrogens with zero attached hydrogens (tertiary/aromatic N) is 2. The summed E-state index contributed by atoms with van der Waals surface area (Å²) in [5.74, 6) is 1.91. The number of pyridine rings is 1. The lowest BCUT2D eigenvalue weighted by Gasteiger charge is -2.07. The maximum atomic E-state index is 12.5. The summed E-state index contributed by atoms with van der Waals surface area (Å²) in [7, 11) is 0. The molecule has 0 aliphatic carbocycles. The van der Waals surface area contributed by atoms with E-state index in [0.717, 1.165) is 17.0 Å². The van der Waals surface area contributed by atoms with Crippen LogP contribution in [0.2, 0.25) is 0 Å². The van der Waals surface area contributed by atoms with E-state index in [1.807, 2.05) is 60.7 Å². The van der Waals surface area contributed by atoms with Crippen molar-refractivity contribution in [2.45, 2.75) is 19.4 Å². The zero-order valence-electron chi connectivity index (χ0n) is 15.8. The van der Waals surface area contributed by atoms with Gasteiger partial charge in [-0.05, 0) is 42.0 Å². The number of aryl methyl sites for hydroxylation is 1. The highest BCUT2D eigenvalue weighted by Gasteiger charge is 2.11. The van der Waals surface area contributed by atoms with Gasteiger partial charge in [0.25, 0.3) is 0 Å². The highest BCUT2D eigenvalue weighted by molar-refractivity contribution is 5.96. The largest absolute Gasteiger partial charge is 0.489 e. The molecule has 2 heterocycles. The summed E-state index contributed by atoms with van der Waals surface area (Å²) in [5, 5.41) is 0. The molecule has 0 saturated heterocycles. The van der Waals surface area contributed by atoms with Crippen molar-refractivity contribution in [3.05, 3.63) is 102 Å². The van der Waals surface area contributed by atoms with Gasteiger partial charge in [-0.25, -0.2) is 4.98 Å². The monoisotopic (exact) mass is 384 g/mol. The third kappa shape index (κ3) is 4.96. The van der Waals surface area contributed by atoms with E-state index in [4.69, 9.17) is 9.15 Å². The number of hydrogen-bond acceptors (Lipinski definition) is 5. The van der Waals surface area contributed by atoms with Crippen LogP contribution < -0.4 is 4.74 Å². The van der Waals surface area contributed by atoms with Crippen molar-refractivity contribution in [2.75, 3.05) is 0 Å². The number of benzene rings is 2. The third-order valence-corrected chi connectivity index (χ3v) is 4.46. The maximum Gasteiger partial charge on any atom is 0.195 e. The Bertz CT molecular complexity index is 1060. The molecular formula is C24H20N2O3. The molecule has 0 saturated carbocycles. The Kier molecular flexibility index (Phi) is 5.76. The first-order chi connectivity index (χ1) is 14.3. The molecule has 0 aliphatic rings. The van der Waals surface area contributed by atoms with Crippen LogP contribution in [-0.4, -0.2) is 15.8 Å². The Labute approximate surface area is 169 Å². The predicted octanol–water partition coefficient (Wildman–Crippen LogP) is 5.13. The van der Waals surface area contributed by atoms with Gasteiger partial charge in [0.15, 0.2) is 17.4 Å². The fraction of sp³-hybridized carbons (Fsp3) is 0.125. The molecule has 4 rings (SSSR count). The van der Waals surface area contributed by atoms with Crippen molar-refractivity contribution >= 4 is 5.78 Å². The summed E-state index contributed by atoms with van der Waals surface area (Å²) in [4.78, 5) is 20.9. The summed E-state index contributed by atoms with van der Waals surface area (Å²) in [6.45, 7) is 0.497. The van der Waals surface area contributed by atoms with Crippen LogP contribution in [0, 0.1) is 0 Å². The van der Waals surface area contributed by atoms with Gasteiger partial charge in [-0.2, -0.15) is 0 Å². The molecule has 0 fully saturated rings. The average Bonchev–Trinajstić information content (AvgIpc) is 3.27. The van der Waals surface area contributed by atoms with Gasteiger partial charge < -0.3 is 9.15 Å². The molecule has 2 aromatic heterocycles. The molecule has 2 aromatic carbocycles. The molecule has 0 radical (unpaired) electrons. The van der Waals surface area contributed by atoms with Crippen molar-refractivity contribution in [2.24, 2.45) is 0 Å². The van der Waals surface area contributed by atoms with Crippen molar-refractivity contribution in [1.82, 2.24) is 9.97 Å². The van der Waals surface area contributed by atoms with Gasteiger partial charge in [0.05, 0.1) is 6.20 Å². The molecule has 0 amide bonds. The zero-order valence-corrected chi connectivity index (χ0v) is 15.8. The van der Waals surface area contributed by atoms with Gasteiger partial charge >= 0.3 is 0 Å². The highest BCUT2D eigenvalue weighted by Crippen LogP contribution is 2.19. The van der Waals surface area contributed by atoms with Crippen LogP contribution in [0.15, 0.2) is 89.6 Å². The highest BCUT2D eigenvalue weighted by atomic mass is 16.5. The van der Waals surface area contributed by atoms with Gasteiger partial charge in [-0.15, -0.1) is 0 Å². The van der Waals surface area contributed by atoms with Gasteiger partial charge in [-0.1, -0.05) is 36.4 Å². The maximum absolute atomic E-state index is 12.5. The van der Waals surface area contributed by atoms with Crippen molar-refractivity contribution in [3.63, 3.8) is 0 Å². The number of ketones is 1. The minimum absolute atomic E-state index is 0.0391. The third-order valence-electron chi connectivity index (χ3n) is 4.46. The second-order valence-electron chi connectivity index (χ2n) is 6.56. The second kappa shape index (κ2) is 8.97. The number of Topliss-reactive ketones (excluding diaryl/α,β-unsaturated/α-hetero) is 1. The van der Waals surface area contributed by atoms with E-state index in [1.54, 1.807) is 24.5 Å². The SMILES string of the molecule is O=C(CCc1ncc(-c2ccccn2)o1)c1ccc(OCc2ccccc2)cc1. The lowest BCUT2D eigenvalue weighted by atomic mass is 10.1. The van der Waals surface area contributed by atoms with Gasteiger partial charge in [0, 0.05) is 24.6 Å². The molecular weight excluding hydrogens is 364 g/mol. The van der Waals surface area contributed by atoms with E-state index in [2.05, 4.69) is 9.97 Å². The molecule has 5 nitrogen and oxygen atoms in total. The van der Waals surface area contributed by atoms with Crippen LogP contribution in [-0.2, 0) is 13.0 Å². The Morgan fingerprint density at radius 1 is 0.897 bits per heavy atom. The number of carbonyl (C=O) groups is 1. The van der Waals surface area contributed by atoms with E-state index in [-0.39, 0.29) is 5.78 Å². The number of rotatable bonds is 8. The normalized spacial score (nSPS) is 10.6. The molecule has 144 valence electrons. The number of hydrogen-bond donors (Lipinski definition) is 0. The van der Waals surface area contributed by atoms with E-state index in [1.165, 1.54) is 0 Å². The lowest BCUT2D eigenvalue weighted by Crippen LogP contribution is -2.02. The Hall–Kier alpha value is -3.73. The number of oxazole rings is 1. The minimum atomic E-state index is 0.0391. The van der Waals surface area contributed by atoms with Crippen LogP contribution in [0.1, 0.15) is 28.2 Å². The summed E-state index contributed by atoms with van der Waals surface area (Å²) < 4.78 is 11.5. The standard InChI is InChI=1S/C24H20N2O3/c27-22(13-14-24-26-16-23(29-24)21-8-4-5-15-25-21)19-9-11-20(12-10-19)28-17-18-6-2-1-3-7-18/h1-12,15-16H,13-14,17H2. The fourth-order valence-corrected chi connectivity index (χ4v) is 2.90. The smallest absolute Gasteiger partial charge is 0.195 e. The summed E-state index contributed by atoms with van der Waals surface area (Å²) in [6, 6.07) is 22.8. The van der Waals surface area contributed by atoms with Crippen LogP contribution in [0.5, 0.6) is 5.75 Å². The van der Waals surface area contributed by atoms with Crippen molar-refractivity contribution in [1.29, 1.82) is 0 Å². The summed E-state index contributed by atoms with van der Waals surface area (Å²) >= 11 is 0. The van der Waals surface area contributed by atoms with Crippen LogP contribution >= 0.6 is 0 Å². The minimum Gasteiger partial charge on any atom is -0.489 e. The molecule has 0 bridgehead atoms. The first-order valence-electron chi connectivity index (χ1n) is 9.44. The van der Waals surface area contributed by atoms with Crippen molar-refractivity contribution < 1.29 is 13.9 Å². The zero-order chi connectivity index (χ0) is 19.9. The molecule has 0 unspecified atom stereocenters. The van der Waals surface area contributed by atoms with Gasteiger partial charge in [-0.3, -0.25) is 9.78 Å². The molecule has 0 aliphatic heterocycles. The quantitative estimate of drug-likeness (QED) is 0.394. The van der Waals surface area contributed by atoms with E-state index in [9.17, 15) is 4.79 Å². The molecule has 0 atom stereocenters. The summed E-state index contributed by atoms with van der Waals surface area (Å²) in [5.41, 5.74) is 2.47. The second-order valence-corrected chi connectivity index (χ2v) is 6.56. The Morgan fingerprint density at radius 2 is 1.69 bits per heavy atom. The molecule has 29 heavy (non-hydrogen) atoms. The Morgan fingerprint density at radius 3 is 2.45 bits per heavy atom. The van der Waals surface area contributed by atoms with E-state index < -0.39 is 0 Å². The Balaban J connectivity index is 1.30. The van der Waals surface area contributed by atoms with Gasteiger partial charge in [0.2, 0.25) is 0 Å². The van der Waals surface area contributed by atoms with Crippen molar-refractivity contribution in [3.8, 4) is 17.2 Å². The summed E-state index contributed by atoms with van der Waals surface area (Å²) in [6.07, 6.45) is 4.11. The number of ether oxygens (including phenoxy) is 1. The van der Waals surface area contributed by atoms with Crippen LogP contribution in [0.4, 0.5) is 0 Å². The predicted molar refractivity (Wildman–Crippen MR) is 110 cm³/mol. The number of aromatic nitrogens is 2. The van der Waals surface area contributed by atoms with E-state index in [0.29, 0.717) is 36.7 Å². The number of carbonyl (C=O) groups excluding carboxylic acids is 1. The first kappa shape index (κ1) is 18.6. The van der Waals surface area contributed by atoms with Crippen LogP contribution in [0.25, 0.3) is 11.5 Å². The molecule has 4 aromatic rings. The average molecular weight is 384 g/mol.